The van der Waals surface area contributed by atoms with Gasteiger partial charge in [0.1, 0.15) is 5.75 Å². The Morgan fingerprint density at radius 1 is 1.08 bits per heavy atom. The summed E-state index contributed by atoms with van der Waals surface area (Å²) in [6.45, 7) is 3.55. The van der Waals surface area contributed by atoms with E-state index < -0.39 is 0 Å². The molecule has 25 heavy (non-hydrogen) atoms. The predicted molar refractivity (Wildman–Crippen MR) is 99.5 cm³/mol. The first kappa shape index (κ1) is 17.1. The van der Waals surface area contributed by atoms with E-state index in [4.69, 9.17) is 4.74 Å². The molecule has 0 heterocycles. The van der Waals surface area contributed by atoms with Gasteiger partial charge in [0, 0.05) is 24.1 Å². The molecule has 1 aliphatic carbocycles. The molecule has 1 aliphatic rings. The van der Waals surface area contributed by atoms with Gasteiger partial charge in [-0.2, -0.15) is 0 Å². The van der Waals surface area contributed by atoms with E-state index in [0.717, 1.165) is 23.3 Å². The molecule has 3 nitrogen and oxygen atoms in total. The molecule has 2 aromatic rings. The Kier molecular flexibility index (Phi) is 5.40. The summed E-state index contributed by atoms with van der Waals surface area (Å²) in [7, 11) is 0. The average Bonchev–Trinajstić information content (AvgIpc) is 3.39. The standard InChI is InChI=1S/C22H23NO2/c1-16(23-17(2)24)15-20-7-5-18(6-8-20)3-4-19-9-11-21(12-10-19)25-22-13-14-22/h5-12,16,22H,13-15H2,1-2H3,(H,23,24). The number of carbonyl (C=O) groups is 1. The molecule has 0 saturated heterocycles. The summed E-state index contributed by atoms with van der Waals surface area (Å²) in [5.74, 6) is 7.29. The zero-order valence-corrected chi connectivity index (χ0v) is 14.7. The molecule has 1 amide bonds. The van der Waals surface area contributed by atoms with E-state index in [-0.39, 0.29) is 11.9 Å². The summed E-state index contributed by atoms with van der Waals surface area (Å²) < 4.78 is 5.74. The molecule has 1 saturated carbocycles. The van der Waals surface area contributed by atoms with Crippen molar-refractivity contribution < 1.29 is 9.53 Å². The molecule has 1 atom stereocenters. The summed E-state index contributed by atoms with van der Waals surface area (Å²) in [5.41, 5.74) is 3.15. The van der Waals surface area contributed by atoms with Crippen molar-refractivity contribution in [1.29, 1.82) is 0 Å². The van der Waals surface area contributed by atoms with Crippen LogP contribution >= 0.6 is 0 Å². The molecule has 1 fully saturated rings. The van der Waals surface area contributed by atoms with E-state index in [0.29, 0.717) is 6.10 Å². The first-order valence-corrected chi connectivity index (χ1v) is 8.73. The Hall–Kier alpha value is -2.73. The second-order valence-electron chi connectivity index (χ2n) is 6.59. The fraction of sp³-hybridized carbons (Fsp3) is 0.318. The largest absolute Gasteiger partial charge is 0.490 e. The number of amides is 1. The maximum atomic E-state index is 11.1. The maximum Gasteiger partial charge on any atom is 0.217 e. The Morgan fingerprint density at radius 3 is 2.16 bits per heavy atom. The van der Waals surface area contributed by atoms with Gasteiger partial charge in [-0.25, -0.2) is 0 Å². The van der Waals surface area contributed by atoms with Gasteiger partial charge in [-0.3, -0.25) is 4.79 Å². The van der Waals surface area contributed by atoms with E-state index in [1.807, 2.05) is 43.3 Å². The molecule has 0 radical (unpaired) electrons. The van der Waals surface area contributed by atoms with Gasteiger partial charge in [-0.1, -0.05) is 24.0 Å². The van der Waals surface area contributed by atoms with Crippen molar-refractivity contribution in [2.24, 2.45) is 0 Å². The van der Waals surface area contributed by atoms with E-state index in [1.165, 1.54) is 18.4 Å². The van der Waals surface area contributed by atoms with Crippen molar-refractivity contribution in [3.05, 3.63) is 65.2 Å². The maximum absolute atomic E-state index is 11.1. The Bertz CT molecular complexity index is 778. The highest BCUT2D eigenvalue weighted by atomic mass is 16.5. The van der Waals surface area contributed by atoms with Crippen LogP contribution in [0.1, 0.15) is 43.4 Å². The predicted octanol–water partition coefficient (Wildman–Crippen LogP) is 3.69. The van der Waals surface area contributed by atoms with Crippen molar-refractivity contribution in [2.75, 3.05) is 0 Å². The van der Waals surface area contributed by atoms with E-state index in [1.54, 1.807) is 6.92 Å². The molecule has 2 aromatic carbocycles. The van der Waals surface area contributed by atoms with Crippen LogP contribution in [0.4, 0.5) is 0 Å². The van der Waals surface area contributed by atoms with E-state index in [2.05, 4.69) is 29.3 Å². The lowest BCUT2D eigenvalue weighted by atomic mass is 10.0. The van der Waals surface area contributed by atoms with Crippen LogP contribution in [0.3, 0.4) is 0 Å². The summed E-state index contributed by atoms with van der Waals surface area (Å²) in [6, 6.07) is 16.3. The molecule has 3 heteroatoms. The minimum atomic E-state index is 0.00327. The molecular weight excluding hydrogens is 310 g/mol. The summed E-state index contributed by atoms with van der Waals surface area (Å²) in [4.78, 5) is 11.1. The smallest absolute Gasteiger partial charge is 0.217 e. The molecule has 1 unspecified atom stereocenters. The minimum Gasteiger partial charge on any atom is -0.490 e. The lowest BCUT2D eigenvalue weighted by Gasteiger charge is -2.12. The normalized spacial score (nSPS) is 14.2. The van der Waals surface area contributed by atoms with Gasteiger partial charge in [-0.05, 0) is 68.1 Å². The fourth-order valence-corrected chi connectivity index (χ4v) is 2.62. The van der Waals surface area contributed by atoms with Crippen LogP contribution in [-0.2, 0) is 11.2 Å². The van der Waals surface area contributed by atoms with Gasteiger partial charge in [0.2, 0.25) is 5.91 Å². The van der Waals surface area contributed by atoms with Crippen molar-refractivity contribution in [2.45, 2.75) is 45.3 Å². The van der Waals surface area contributed by atoms with E-state index >= 15 is 0 Å². The quantitative estimate of drug-likeness (QED) is 0.848. The average molecular weight is 333 g/mol. The topological polar surface area (TPSA) is 38.3 Å². The first-order chi connectivity index (χ1) is 12.1. The van der Waals surface area contributed by atoms with Crippen molar-refractivity contribution in [3.63, 3.8) is 0 Å². The Morgan fingerprint density at radius 2 is 1.64 bits per heavy atom. The fourth-order valence-electron chi connectivity index (χ4n) is 2.62. The third-order valence-electron chi connectivity index (χ3n) is 3.98. The van der Waals surface area contributed by atoms with Gasteiger partial charge < -0.3 is 10.1 Å². The Labute approximate surface area is 149 Å². The highest BCUT2D eigenvalue weighted by molar-refractivity contribution is 5.73. The molecule has 0 aliphatic heterocycles. The molecule has 0 bridgehead atoms. The van der Waals surface area contributed by atoms with Crippen LogP contribution < -0.4 is 10.1 Å². The third kappa shape index (κ3) is 5.69. The highest BCUT2D eigenvalue weighted by Gasteiger charge is 2.23. The van der Waals surface area contributed by atoms with E-state index in [9.17, 15) is 4.79 Å². The van der Waals surface area contributed by atoms with Gasteiger partial charge in [0.25, 0.3) is 0 Å². The first-order valence-electron chi connectivity index (χ1n) is 8.73. The van der Waals surface area contributed by atoms with Gasteiger partial charge in [0.05, 0.1) is 6.10 Å². The zero-order chi connectivity index (χ0) is 17.6. The second kappa shape index (κ2) is 7.90. The summed E-state index contributed by atoms with van der Waals surface area (Å²) in [5, 5.41) is 2.90. The molecule has 0 aromatic heterocycles. The minimum absolute atomic E-state index is 0.00327. The van der Waals surface area contributed by atoms with Crippen LogP contribution in [0.15, 0.2) is 48.5 Å². The molecule has 0 spiro atoms. The van der Waals surface area contributed by atoms with Crippen molar-refractivity contribution in [3.8, 4) is 17.6 Å². The SMILES string of the molecule is CC(=O)NC(C)Cc1ccc(C#Cc2ccc(OC3CC3)cc2)cc1. The van der Waals surface area contributed by atoms with Crippen molar-refractivity contribution >= 4 is 5.91 Å². The number of nitrogens with one attached hydrogen (secondary N) is 1. The van der Waals surface area contributed by atoms with Crippen LogP contribution in [0, 0.1) is 11.8 Å². The van der Waals surface area contributed by atoms with Crippen LogP contribution in [0.25, 0.3) is 0 Å². The molecule has 3 rings (SSSR count). The zero-order valence-electron chi connectivity index (χ0n) is 14.7. The molecule has 128 valence electrons. The van der Waals surface area contributed by atoms with Gasteiger partial charge in [0.15, 0.2) is 0 Å². The third-order valence-corrected chi connectivity index (χ3v) is 3.98. The number of rotatable bonds is 5. The lowest BCUT2D eigenvalue weighted by molar-refractivity contribution is -0.119. The highest BCUT2D eigenvalue weighted by Crippen LogP contribution is 2.26. The monoisotopic (exact) mass is 333 g/mol. The number of benzene rings is 2. The second-order valence-corrected chi connectivity index (χ2v) is 6.59. The number of ether oxygens (including phenoxy) is 1. The van der Waals surface area contributed by atoms with Crippen LogP contribution in [0.5, 0.6) is 5.75 Å². The number of hydrogen-bond donors (Lipinski definition) is 1. The van der Waals surface area contributed by atoms with Gasteiger partial charge >= 0.3 is 0 Å². The Balaban J connectivity index is 1.57. The van der Waals surface area contributed by atoms with Crippen LogP contribution in [0.2, 0.25) is 0 Å². The van der Waals surface area contributed by atoms with Crippen molar-refractivity contribution in [1.82, 2.24) is 5.32 Å². The lowest BCUT2D eigenvalue weighted by Crippen LogP contribution is -2.31. The van der Waals surface area contributed by atoms with Crippen LogP contribution in [-0.4, -0.2) is 18.1 Å². The molecular formula is C22H23NO2. The molecule has 1 N–H and O–H groups in total. The summed E-state index contributed by atoms with van der Waals surface area (Å²) >= 11 is 0. The van der Waals surface area contributed by atoms with Gasteiger partial charge in [-0.15, -0.1) is 0 Å². The number of carbonyl (C=O) groups excluding carboxylic acids is 1. The number of hydrogen-bond acceptors (Lipinski definition) is 2. The summed E-state index contributed by atoms with van der Waals surface area (Å²) in [6.07, 6.45) is 3.57.